The average Bonchev–Trinajstić information content (AvgIpc) is 2.67. The van der Waals surface area contributed by atoms with E-state index in [-0.39, 0.29) is 17.1 Å². The lowest BCUT2D eigenvalue weighted by molar-refractivity contribution is 0.207. The molecular formula is C10H6ClF2N3O2. The van der Waals surface area contributed by atoms with Crippen LogP contribution in [0.2, 0.25) is 0 Å². The molecule has 2 rings (SSSR count). The predicted molar refractivity (Wildman–Crippen MR) is 61.3 cm³/mol. The molecule has 0 saturated carbocycles. The molecule has 3 N–H and O–H groups in total. The van der Waals surface area contributed by atoms with Crippen LogP contribution >= 0.6 is 11.6 Å². The minimum Gasteiger partial charge on any atom is -0.376 e. The second-order valence-corrected chi connectivity index (χ2v) is 3.60. The number of carbonyl (C=O) groups is 1. The number of hydrogen-bond donors (Lipinski definition) is 2. The second kappa shape index (κ2) is 4.61. The Morgan fingerprint density at radius 2 is 2.17 bits per heavy atom. The van der Waals surface area contributed by atoms with E-state index in [4.69, 9.17) is 17.3 Å². The molecular weight excluding hydrogens is 268 g/mol. The number of H-pyrrole nitrogens is 1. The van der Waals surface area contributed by atoms with Crippen LogP contribution in [0.15, 0.2) is 23.5 Å². The molecule has 0 atom stereocenters. The van der Waals surface area contributed by atoms with E-state index in [0.717, 1.165) is 0 Å². The number of halogens is 3. The summed E-state index contributed by atoms with van der Waals surface area (Å²) in [4.78, 5) is 17.0. The molecule has 1 aromatic carbocycles. The Morgan fingerprint density at radius 1 is 1.44 bits per heavy atom. The van der Waals surface area contributed by atoms with E-state index in [1.54, 1.807) is 0 Å². The number of carbonyl (C=O) groups excluding carboxylic acids is 1. The Kier molecular flexibility index (Phi) is 3.15. The standard InChI is InChI=1S/C10H6ClF2N3O2/c11-8(13)7(12)4-1-2-5-6(3-4)16-10(15-5)18-9(14)17/h1-3H,(H2,14,17)(H,15,16)/b8-7-. The van der Waals surface area contributed by atoms with E-state index < -0.39 is 17.2 Å². The number of aromatic amines is 1. The van der Waals surface area contributed by atoms with E-state index in [9.17, 15) is 13.6 Å². The number of benzene rings is 1. The van der Waals surface area contributed by atoms with Crippen LogP contribution < -0.4 is 10.5 Å². The Morgan fingerprint density at radius 3 is 2.78 bits per heavy atom. The van der Waals surface area contributed by atoms with Gasteiger partial charge in [0.25, 0.3) is 0 Å². The van der Waals surface area contributed by atoms with Gasteiger partial charge in [0, 0.05) is 5.56 Å². The Bertz CT molecular complexity index is 650. The van der Waals surface area contributed by atoms with Crippen LogP contribution in [0.1, 0.15) is 5.56 Å². The summed E-state index contributed by atoms with van der Waals surface area (Å²) in [5.41, 5.74) is 5.48. The van der Waals surface area contributed by atoms with Crippen LogP contribution in [0.4, 0.5) is 13.6 Å². The van der Waals surface area contributed by atoms with Gasteiger partial charge in [-0.05, 0) is 29.8 Å². The first-order valence-corrected chi connectivity index (χ1v) is 5.03. The maximum atomic E-state index is 13.2. The number of primary amides is 1. The number of ether oxygens (including phenoxy) is 1. The first-order chi connectivity index (χ1) is 8.47. The van der Waals surface area contributed by atoms with Gasteiger partial charge in [-0.3, -0.25) is 0 Å². The highest BCUT2D eigenvalue weighted by Crippen LogP contribution is 2.26. The van der Waals surface area contributed by atoms with Gasteiger partial charge in [-0.25, -0.2) is 9.18 Å². The van der Waals surface area contributed by atoms with Gasteiger partial charge < -0.3 is 15.5 Å². The zero-order valence-corrected chi connectivity index (χ0v) is 9.46. The smallest absolute Gasteiger partial charge is 0.376 e. The average molecular weight is 274 g/mol. The highest BCUT2D eigenvalue weighted by molar-refractivity contribution is 6.30. The number of imidazole rings is 1. The van der Waals surface area contributed by atoms with Crippen LogP contribution in [0, 0.1) is 0 Å². The third-order valence-electron chi connectivity index (χ3n) is 2.08. The second-order valence-electron chi connectivity index (χ2n) is 3.27. The molecule has 1 heterocycles. The number of hydrogen-bond acceptors (Lipinski definition) is 3. The van der Waals surface area contributed by atoms with Crippen molar-refractivity contribution in [2.75, 3.05) is 0 Å². The van der Waals surface area contributed by atoms with E-state index in [1.807, 2.05) is 0 Å². The lowest BCUT2D eigenvalue weighted by Gasteiger charge is -1.96. The quantitative estimate of drug-likeness (QED) is 0.883. The van der Waals surface area contributed by atoms with Crippen LogP contribution in [0.25, 0.3) is 16.9 Å². The maximum absolute atomic E-state index is 13.2. The van der Waals surface area contributed by atoms with Gasteiger partial charge in [0.15, 0.2) is 5.83 Å². The highest BCUT2D eigenvalue weighted by Gasteiger charge is 2.11. The van der Waals surface area contributed by atoms with Crippen molar-refractivity contribution in [3.8, 4) is 6.01 Å². The van der Waals surface area contributed by atoms with Crippen LogP contribution in [0.3, 0.4) is 0 Å². The van der Waals surface area contributed by atoms with Crippen molar-refractivity contribution in [2.24, 2.45) is 5.73 Å². The summed E-state index contributed by atoms with van der Waals surface area (Å²) in [6, 6.07) is 3.85. The third kappa shape index (κ3) is 2.40. The third-order valence-corrected chi connectivity index (χ3v) is 2.24. The number of nitrogens with zero attached hydrogens (tertiary/aromatic N) is 1. The molecule has 1 amide bonds. The lowest BCUT2D eigenvalue weighted by Crippen LogP contribution is -2.16. The van der Waals surface area contributed by atoms with Crippen molar-refractivity contribution in [2.45, 2.75) is 0 Å². The fraction of sp³-hybridized carbons (Fsp3) is 0. The van der Waals surface area contributed by atoms with E-state index in [0.29, 0.717) is 5.52 Å². The van der Waals surface area contributed by atoms with E-state index in [1.165, 1.54) is 18.2 Å². The summed E-state index contributed by atoms with van der Waals surface area (Å²) < 4.78 is 30.3. The Labute approximate surface area is 104 Å². The SMILES string of the molecule is NC(=O)Oc1nc2cc(/C(F)=C(/F)Cl)ccc2[nH]1. The van der Waals surface area contributed by atoms with Gasteiger partial charge >= 0.3 is 12.1 Å². The van der Waals surface area contributed by atoms with Crippen LogP contribution in [0.5, 0.6) is 6.01 Å². The van der Waals surface area contributed by atoms with Gasteiger partial charge in [0.2, 0.25) is 5.29 Å². The zero-order chi connectivity index (χ0) is 13.3. The minimum absolute atomic E-state index is 0.0767. The van der Waals surface area contributed by atoms with Crippen molar-refractivity contribution in [3.63, 3.8) is 0 Å². The summed E-state index contributed by atoms with van der Waals surface area (Å²) >= 11 is 4.91. The van der Waals surface area contributed by atoms with Crippen molar-refractivity contribution in [1.29, 1.82) is 0 Å². The molecule has 0 radical (unpaired) electrons. The molecule has 0 spiro atoms. The fourth-order valence-corrected chi connectivity index (χ4v) is 1.48. The minimum atomic E-state index is -1.45. The number of amides is 1. The molecule has 0 aliphatic heterocycles. The predicted octanol–water partition coefficient (Wildman–Crippen LogP) is 2.82. The summed E-state index contributed by atoms with van der Waals surface area (Å²) in [6.45, 7) is 0. The molecule has 0 fully saturated rings. The fourth-order valence-electron chi connectivity index (χ4n) is 1.37. The number of rotatable bonds is 2. The van der Waals surface area contributed by atoms with Gasteiger partial charge in [0.05, 0.1) is 11.0 Å². The highest BCUT2D eigenvalue weighted by atomic mass is 35.5. The molecule has 0 aliphatic rings. The van der Waals surface area contributed by atoms with Gasteiger partial charge in [-0.2, -0.15) is 9.37 Å². The molecule has 0 unspecified atom stereocenters. The van der Waals surface area contributed by atoms with E-state index >= 15 is 0 Å². The molecule has 0 aliphatic carbocycles. The summed E-state index contributed by atoms with van der Waals surface area (Å²) in [5.74, 6) is -1.20. The lowest BCUT2D eigenvalue weighted by atomic mass is 10.2. The van der Waals surface area contributed by atoms with Gasteiger partial charge in [-0.1, -0.05) is 0 Å². The first kappa shape index (κ1) is 12.3. The van der Waals surface area contributed by atoms with Crippen LogP contribution in [-0.4, -0.2) is 16.1 Å². The first-order valence-electron chi connectivity index (χ1n) is 4.65. The van der Waals surface area contributed by atoms with Crippen LogP contribution in [-0.2, 0) is 0 Å². The zero-order valence-electron chi connectivity index (χ0n) is 8.71. The molecule has 2 aromatic rings. The molecule has 18 heavy (non-hydrogen) atoms. The topological polar surface area (TPSA) is 81.0 Å². The van der Waals surface area contributed by atoms with Gasteiger partial charge in [-0.15, -0.1) is 0 Å². The monoisotopic (exact) mass is 273 g/mol. The van der Waals surface area contributed by atoms with Crippen molar-refractivity contribution >= 4 is 34.6 Å². The van der Waals surface area contributed by atoms with Crippen molar-refractivity contribution < 1.29 is 18.3 Å². The number of aromatic nitrogens is 2. The Hall–Kier alpha value is -2.15. The summed E-state index contributed by atoms with van der Waals surface area (Å²) in [5, 5.41) is -1.45. The molecule has 94 valence electrons. The number of fused-ring (bicyclic) bond motifs is 1. The van der Waals surface area contributed by atoms with Gasteiger partial charge in [0.1, 0.15) is 0 Å². The molecule has 5 nitrogen and oxygen atoms in total. The molecule has 0 bridgehead atoms. The molecule has 8 heteroatoms. The normalized spacial score (nSPS) is 12.4. The van der Waals surface area contributed by atoms with E-state index in [2.05, 4.69) is 14.7 Å². The van der Waals surface area contributed by atoms with Crippen molar-refractivity contribution in [1.82, 2.24) is 9.97 Å². The molecule has 0 saturated heterocycles. The number of nitrogens with two attached hydrogens (primary N) is 1. The maximum Gasteiger partial charge on any atom is 0.412 e. The number of nitrogens with one attached hydrogen (secondary N) is 1. The Balaban J connectivity index is 2.46. The summed E-state index contributed by atoms with van der Waals surface area (Å²) in [6.07, 6.45) is -1.04. The van der Waals surface area contributed by atoms with Crippen molar-refractivity contribution in [3.05, 3.63) is 29.0 Å². The summed E-state index contributed by atoms with van der Waals surface area (Å²) in [7, 11) is 0. The largest absolute Gasteiger partial charge is 0.412 e. The molecule has 1 aromatic heterocycles.